The van der Waals surface area contributed by atoms with Crippen molar-refractivity contribution in [3.05, 3.63) is 34.3 Å². The number of hydrogen-bond donors (Lipinski definition) is 11. The topological polar surface area (TPSA) is 421 Å². The second-order valence-electron chi connectivity index (χ2n) is 21.4. The summed E-state index contributed by atoms with van der Waals surface area (Å²) in [5.41, 5.74) is 42.0. The van der Waals surface area contributed by atoms with E-state index in [4.69, 9.17) is 59.6 Å². The fourth-order valence-corrected chi connectivity index (χ4v) is 12.5. The van der Waals surface area contributed by atoms with Crippen LogP contribution in [-0.4, -0.2) is 91.9 Å². The Morgan fingerprint density at radius 2 is 1.25 bits per heavy atom. The quantitative estimate of drug-likeness (QED) is 0.0690. The van der Waals surface area contributed by atoms with Crippen LogP contribution in [0.3, 0.4) is 0 Å². The van der Waals surface area contributed by atoms with Gasteiger partial charge >= 0.3 is 8.17 Å². The highest BCUT2D eigenvalue weighted by Gasteiger charge is 2.57. The number of primary amides is 6. The summed E-state index contributed by atoms with van der Waals surface area (Å²) in [6, 6.07) is -0.845. The van der Waals surface area contributed by atoms with Gasteiger partial charge in [-0.3, -0.25) is 48.5 Å². The summed E-state index contributed by atoms with van der Waals surface area (Å²) in [5, 5.41) is 2.70. The van der Waals surface area contributed by atoms with E-state index in [0.717, 1.165) is 0 Å². The summed E-state index contributed by atoms with van der Waals surface area (Å²) >= 11 is 0. The van der Waals surface area contributed by atoms with E-state index >= 15 is 0 Å². The van der Waals surface area contributed by atoms with E-state index in [1.165, 1.54) is 6.92 Å². The van der Waals surface area contributed by atoms with Crippen molar-refractivity contribution in [1.82, 2.24) is 5.32 Å². The van der Waals surface area contributed by atoms with Crippen LogP contribution >= 0.6 is 8.17 Å². The zero-order valence-corrected chi connectivity index (χ0v) is 43.4. The largest absolute Gasteiger partial charge is 0.567 e. The molecule has 0 aromatic rings. The molecule has 0 aromatic heterocycles. The number of hydrogen-bond acceptors (Lipinski definition) is 15. The first kappa shape index (κ1) is 58.2. The molecule has 4 rings (SSSR count). The second-order valence-corrected chi connectivity index (χ2v) is 22.6. The summed E-state index contributed by atoms with van der Waals surface area (Å²) in [6.45, 7) is 16.1. The van der Waals surface area contributed by atoms with E-state index in [-0.39, 0.29) is 82.9 Å². The molecule has 6 bridgehead atoms. The van der Waals surface area contributed by atoms with Gasteiger partial charge in [0, 0.05) is 120 Å². The first-order chi connectivity index (χ1) is 32.6. The first-order valence-electron chi connectivity index (χ1n) is 24.0. The molecule has 0 aliphatic carbocycles. The van der Waals surface area contributed by atoms with E-state index in [0.29, 0.717) is 39.7 Å². The Kier molecular flexibility index (Phi) is 18.1. The number of nitrogens with two attached hydrogens (primary N) is 7. The van der Waals surface area contributed by atoms with E-state index < -0.39 is 113 Å². The van der Waals surface area contributed by atoms with Gasteiger partial charge in [-0.15, -0.1) is 4.52 Å². The minimum Gasteiger partial charge on any atom is -0.402 e. The van der Waals surface area contributed by atoms with Crippen molar-refractivity contribution in [2.45, 2.75) is 145 Å². The maximum atomic E-state index is 13.7. The summed E-state index contributed by atoms with van der Waals surface area (Å²) in [7, 11) is -4.61. The van der Waals surface area contributed by atoms with Crippen LogP contribution < -0.4 is 45.5 Å². The fraction of sp³-hybridized carbons (Fsp3) is 0.667. The van der Waals surface area contributed by atoms with Gasteiger partial charge in [-0.25, -0.2) is 0 Å². The molecule has 71 heavy (non-hydrogen) atoms. The van der Waals surface area contributed by atoms with Gasteiger partial charge in [0.15, 0.2) is 0 Å². The standard InChI is InChI=1S/C48H76N11O11P/c1-23(70-71(67,68)69)22-56-39(66)16-17-46(7)30(18-36(52)63)42-26(4)47(8,20-37(53)64)28(11-14-34(50)61)40(55)24(2)43-48(9,21-38(54)65)27(10-13-33(49)60)31(57-43)19-32-45(5,6)29(12-15-35(51)62)41(58-32)25(3)44(46)59-42/h19,23,26-30,42,67-69H,10-18,20-22H2,1-9H3,(H14-,49,50,51,52,53,54,55,56,57,58,59,60,61,62,63,64,65,66)/p+1/t23-,26+,27-,28+,29-,30+,42+,46-,47-,48+/m1/s1. The predicted octanol–water partition coefficient (Wildman–Crippen LogP) is 1.65. The van der Waals surface area contributed by atoms with Crippen LogP contribution in [0.1, 0.15) is 133 Å². The number of carbonyl (C=O) groups is 7. The van der Waals surface area contributed by atoms with Crippen LogP contribution in [-0.2, 0) is 38.1 Å². The lowest BCUT2D eigenvalue weighted by molar-refractivity contribution is -0.124. The summed E-state index contributed by atoms with van der Waals surface area (Å²) in [6.07, 6.45) is 0.113. The lowest BCUT2D eigenvalue weighted by atomic mass is 9.57. The average Bonchev–Trinajstić information content (AvgIpc) is 3.76. The van der Waals surface area contributed by atoms with Crippen LogP contribution in [0.2, 0.25) is 0 Å². The van der Waals surface area contributed by atoms with E-state index in [9.17, 15) is 48.2 Å². The van der Waals surface area contributed by atoms with Crippen molar-refractivity contribution < 1.29 is 52.8 Å². The average molecular weight is 1020 g/mol. The Labute approximate surface area is 415 Å². The molecule has 4 aliphatic rings. The predicted molar refractivity (Wildman–Crippen MR) is 268 cm³/mol. The van der Waals surface area contributed by atoms with Gasteiger partial charge in [-0.05, 0) is 75.0 Å². The van der Waals surface area contributed by atoms with Gasteiger partial charge in [0.1, 0.15) is 6.10 Å². The molecule has 0 saturated carbocycles. The normalized spacial score (nSPS) is 31.0. The van der Waals surface area contributed by atoms with Gasteiger partial charge in [0.05, 0.1) is 11.8 Å². The molecule has 0 radical (unpaired) electrons. The number of aliphatic imine (C=N–C) groups is 3. The van der Waals surface area contributed by atoms with Crippen LogP contribution in [0.4, 0.5) is 0 Å². The molecular weight excluding hydrogens is 938 g/mol. The van der Waals surface area contributed by atoms with Crippen molar-refractivity contribution >= 4 is 66.7 Å². The molecule has 4 heterocycles. The number of nitrogens with one attached hydrogen (secondary N) is 1. The third-order valence-corrected chi connectivity index (χ3v) is 16.6. The Bertz CT molecular complexity index is 2370. The van der Waals surface area contributed by atoms with Crippen molar-refractivity contribution in [1.29, 1.82) is 0 Å². The Hall–Kier alpha value is -5.41. The highest BCUT2D eigenvalue weighted by atomic mass is 31.2. The summed E-state index contributed by atoms with van der Waals surface area (Å²) in [5.74, 6) is -7.78. The highest BCUT2D eigenvalue weighted by molar-refractivity contribution is 7.53. The zero-order valence-electron chi connectivity index (χ0n) is 42.5. The third-order valence-electron chi connectivity index (χ3n) is 15.9. The molecule has 0 fully saturated rings. The molecule has 10 atom stereocenters. The molecule has 0 saturated heterocycles. The molecule has 22 nitrogen and oxygen atoms in total. The second kappa shape index (κ2) is 22.1. The number of nitrogens with zero attached hydrogens (tertiary/aromatic N) is 3. The van der Waals surface area contributed by atoms with Gasteiger partial charge in [-0.2, -0.15) is 14.7 Å². The highest BCUT2D eigenvalue weighted by Crippen LogP contribution is 2.58. The first-order valence-corrected chi connectivity index (χ1v) is 25.5. The minimum atomic E-state index is -4.61. The van der Waals surface area contributed by atoms with Crippen LogP contribution in [0, 0.1) is 51.2 Å². The molecule has 4 aliphatic heterocycles. The van der Waals surface area contributed by atoms with Gasteiger partial charge in [0.25, 0.3) is 0 Å². The molecule has 394 valence electrons. The number of allylic oxidation sites excluding steroid dienone is 6. The third kappa shape index (κ3) is 13.0. The maximum absolute atomic E-state index is 13.7. The van der Waals surface area contributed by atoms with Crippen molar-refractivity contribution in [3.63, 3.8) is 0 Å². The zero-order chi connectivity index (χ0) is 53.9. The molecule has 18 N–H and O–H groups in total. The van der Waals surface area contributed by atoms with Gasteiger partial charge in [0.2, 0.25) is 41.4 Å². The molecule has 23 heteroatoms. The molecule has 0 spiro atoms. The Balaban J connectivity index is 2.21. The van der Waals surface area contributed by atoms with Crippen molar-refractivity contribution in [2.24, 2.45) is 106 Å². The van der Waals surface area contributed by atoms with Crippen molar-refractivity contribution in [3.8, 4) is 0 Å². The number of fused-ring (bicyclic) bond motifs is 3. The number of amides is 7. The smallest absolute Gasteiger partial charge is 0.402 e. The SMILES string of the molecule is CC1=C2N=C(C=C3N=C(/C(C)=C(/N)[C@H](CCC(N)=O)[C@](C)(CC(N)=O)[C@@H](C)[C@@H]4N=C1[C@](C)(CCC(=O)NC[C@@H](C)O[P+](O)(O)O)[C@H]4CC(N)=O)[C@@](C)(CC(N)=O)[C@@H]3CCC(N)=O)C(C)(C)[C@@H]2CCC(N)=O. The summed E-state index contributed by atoms with van der Waals surface area (Å²) < 4.78 is 4.82. The van der Waals surface area contributed by atoms with E-state index in [1.54, 1.807) is 6.92 Å². The Morgan fingerprint density at radius 3 is 1.76 bits per heavy atom. The van der Waals surface area contributed by atoms with E-state index in [2.05, 4.69) is 5.32 Å². The fourth-order valence-electron chi connectivity index (χ4n) is 12.0. The van der Waals surface area contributed by atoms with E-state index in [1.807, 2.05) is 54.5 Å². The Morgan fingerprint density at radius 1 is 0.718 bits per heavy atom. The van der Waals surface area contributed by atoms with Gasteiger partial charge in [-0.1, -0.05) is 41.5 Å². The van der Waals surface area contributed by atoms with Crippen molar-refractivity contribution in [2.75, 3.05) is 6.54 Å². The minimum absolute atomic E-state index is 0.0190. The number of carbonyl (C=O) groups excluding carboxylic acids is 7. The lowest BCUT2D eigenvalue weighted by Gasteiger charge is -2.47. The lowest BCUT2D eigenvalue weighted by Crippen LogP contribution is -2.48. The van der Waals surface area contributed by atoms with Crippen LogP contribution in [0.15, 0.2) is 49.3 Å². The molecular formula is C48H77N11O11P+. The summed E-state index contributed by atoms with van der Waals surface area (Å²) in [4.78, 5) is 136. The molecule has 0 aromatic carbocycles. The van der Waals surface area contributed by atoms with Crippen LogP contribution in [0.5, 0.6) is 0 Å². The maximum Gasteiger partial charge on any atom is 0.567 e. The molecule has 0 unspecified atom stereocenters. The number of rotatable bonds is 22. The monoisotopic (exact) mass is 1010 g/mol. The van der Waals surface area contributed by atoms with Crippen LogP contribution in [0.25, 0.3) is 0 Å². The molecule has 7 amide bonds. The van der Waals surface area contributed by atoms with Gasteiger partial charge < -0.3 is 45.5 Å².